The highest BCUT2D eigenvalue weighted by Crippen LogP contribution is 2.29. The maximum Gasteiger partial charge on any atom is 0.342 e. The van der Waals surface area contributed by atoms with Crippen LogP contribution in [0, 0.1) is 0 Å². The van der Waals surface area contributed by atoms with Crippen molar-refractivity contribution in [2.24, 2.45) is 0 Å². The van der Waals surface area contributed by atoms with Crippen molar-refractivity contribution in [1.29, 1.82) is 0 Å². The van der Waals surface area contributed by atoms with E-state index in [1.54, 1.807) is 46.1 Å². The van der Waals surface area contributed by atoms with Gasteiger partial charge >= 0.3 is 5.97 Å². The average molecular weight is 433 g/mol. The highest BCUT2D eigenvalue weighted by Gasteiger charge is 2.24. The lowest BCUT2D eigenvalue weighted by molar-refractivity contribution is -0.119. The van der Waals surface area contributed by atoms with Crippen LogP contribution in [0.4, 0.5) is 11.4 Å². The van der Waals surface area contributed by atoms with Gasteiger partial charge in [-0.3, -0.25) is 9.59 Å². The van der Waals surface area contributed by atoms with Crippen LogP contribution < -0.4 is 10.2 Å². The van der Waals surface area contributed by atoms with Crippen molar-refractivity contribution in [2.45, 2.75) is 26.2 Å². The number of carbonyl (C=O) groups excluding carboxylic acids is 3. The number of benzene rings is 1. The van der Waals surface area contributed by atoms with E-state index in [0.717, 1.165) is 6.42 Å². The summed E-state index contributed by atoms with van der Waals surface area (Å²) in [5.41, 5.74) is 2.07. The van der Waals surface area contributed by atoms with Crippen molar-refractivity contribution in [1.82, 2.24) is 14.8 Å². The monoisotopic (exact) mass is 433 g/mol. The molecule has 1 aromatic carbocycles. The molecule has 1 saturated heterocycles. The minimum absolute atomic E-state index is 0.0233. The zero-order valence-electron chi connectivity index (χ0n) is 17.7. The van der Waals surface area contributed by atoms with Crippen LogP contribution in [-0.4, -0.2) is 45.7 Å². The Bertz CT molecular complexity index is 1140. The molecular formula is C23H23N5O4. The Labute approximate surface area is 185 Å². The number of nitrogens with zero attached hydrogens (tertiary/aromatic N) is 4. The number of ether oxygens (including phenoxy) is 1. The first-order valence-electron chi connectivity index (χ1n) is 10.4. The second-order valence-electron chi connectivity index (χ2n) is 7.25. The summed E-state index contributed by atoms with van der Waals surface area (Å²) in [7, 11) is 0. The van der Waals surface area contributed by atoms with Crippen molar-refractivity contribution in [2.75, 3.05) is 23.4 Å². The Morgan fingerprint density at radius 1 is 1.16 bits per heavy atom. The Morgan fingerprint density at radius 3 is 2.69 bits per heavy atom. The Morgan fingerprint density at radius 2 is 1.97 bits per heavy atom. The molecule has 1 fully saturated rings. The highest BCUT2D eigenvalue weighted by atomic mass is 16.5. The molecule has 9 heteroatoms. The summed E-state index contributed by atoms with van der Waals surface area (Å²) in [4.78, 5) is 43.1. The maximum absolute atomic E-state index is 12.6. The van der Waals surface area contributed by atoms with Gasteiger partial charge in [0.25, 0.3) is 5.91 Å². The van der Waals surface area contributed by atoms with Crippen molar-refractivity contribution >= 4 is 29.2 Å². The van der Waals surface area contributed by atoms with Crippen LogP contribution in [0.2, 0.25) is 0 Å². The maximum atomic E-state index is 12.6. The lowest BCUT2D eigenvalue weighted by atomic mass is 10.2. The minimum Gasteiger partial charge on any atom is -0.452 e. The molecule has 1 N–H and O–H groups in total. The van der Waals surface area contributed by atoms with E-state index in [0.29, 0.717) is 42.3 Å². The van der Waals surface area contributed by atoms with E-state index in [1.165, 1.54) is 6.20 Å². The third kappa shape index (κ3) is 4.36. The molecule has 9 nitrogen and oxygen atoms in total. The number of amides is 2. The first kappa shape index (κ1) is 21.2. The number of nitrogens with one attached hydrogen (secondary N) is 1. The SMILES string of the molecule is CCc1c(C(=O)OCC(=O)Nc2ccccc2N2CCCC2=O)cnn1-c1ccccn1. The van der Waals surface area contributed by atoms with E-state index in [4.69, 9.17) is 4.74 Å². The molecule has 2 aromatic heterocycles. The van der Waals surface area contributed by atoms with Crippen molar-refractivity contribution in [3.8, 4) is 5.82 Å². The number of anilines is 2. The number of hydrogen-bond acceptors (Lipinski definition) is 6. The standard InChI is InChI=1S/C23H23N5O4/c1-2-18-16(14-25-28(18)20-10-5-6-12-24-20)23(31)32-15-21(29)26-17-8-3-4-9-19(17)27-13-7-11-22(27)30/h3-6,8-10,12,14H,2,7,11,13,15H2,1H3,(H,26,29). The van der Waals surface area contributed by atoms with E-state index in [-0.39, 0.29) is 11.5 Å². The molecule has 2 amide bonds. The molecule has 3 aromatic rings. The quantitative estimate of drug-likeness (QED) is 0.574. The van der Waals surface area contributed by atoms with Crippen LogP contribution in [-0.2, 0) is 20.7 Å². The summed E-state index contributed by atoms with van der Waals surface area (Å²) in [6.07, 6.45) is 4.87. The van der Waals surface area contributed by atoms with Crippen LogP contribution >= 0.6 is 0 Å². The normalized spacial score (nSPS) is 13.3. The van der Waals surface area contributed by atoms with Crippen LogP contribution in [0.3, 0.4) is 0 Å². The zero-order chi connectivity index (χ0) is 22.5. The van der Waals surface area contributed by atoms with E-state index < -0.39 is 18.5 Å². The number of esters is 1. The predicted molar refractivity (Wildman–Crippen MR) is 118 cm³/mol. The summed E-state index contributed by atoms with van der Waals surface area (Å²) >= 11 is 0. The van der Waals surface area contributed by atoms with Gasteiger partial charge in [-0.15, -0.1) is 0 Å². The molecule has 4 rings (SSSR count). The largest absolute Gasteiger partial charge is 0.452 e. The van der Waals surface area contributed by atoms with Gasteiger partial charge in [-0.25, -0.2) is 14.5 Å². The smallest absolute Gasteiger partial charge is 0.342 e. The number of hydrogen-bond donors (Lipinski definition) is 1. The van der Waals surface area contributed by atoms with E-state index in [9.17, 15) is 14.4 Å². The number of pyridine rings is 1. The van der Waals surface area contributed by atoms with Gasteiger partial charge in [-0.1, -0.05) is 25.1 Å². The van der Waals surface area contributed by atoms with E-state index in [2.05, 4.69) is 15.4 Å². The molecule has 0 aliphatic carbocycles. The topological polar surface area (TPSA) is 106 Å². The average Bonchev–Trinajstić information content (AvgIpc) is 3.44. The zero-order valence-corrected chi connectivity index (χ0v) is 17.7. The third-order valence-electron chi connectivity index (χ3n) is 5.17. The van der Waals surface area contributed by atoms with Gasteiger partial charge in [0.15, 0.2) is 12.4 Å². The number of carbonyl (C=O) groups is 3. The molecule has 0 spiro atoms. The number of para-hydroxylation sites is 2. The Hall–Kier alpha value is -4.01. The fourth-order valence-electron chi connectivity index (χ4n) is 3.67. The summed E-state index contributed by atoms with van der Waals surface area (Å²) < 4.78 is 6.82. The molecule has 3 heterocycles. The predicted octanol–water partition coefficient (Wildman–Crippen LogP) is 2.75. The van der Waals surface area contributed by atoms with E-state index >= 15 is 0 Å². The van der Waals surface area contributed by atoms with Gasteiger partial charge in [-0.2, -0.15) is 5.10 Å². The van der Waals surface area contributed by atoms with Crippen molar-refractivity contribution < 1.29 is 19.1 Å². The number of aromatic nitrogens is 3. The first-order chi connectivity index (χ1) is 15.6. The molecule has 1 aliphatic rings. The third-order valence-corrected chi connectivity index (χ3v) is 5.17. The summed E-state index contributed by atoms with van der Waals surface area (Å²) in [6, 6.07) is 12.5. The molecule has 164 valence electrons. The number of rotatable bonds is 7. The molecule has 0 bridgehead atoms. The summed E-state index contributed by atoms with van der Waals surface area (Å²) in [5.74, 6) is -0.515. The molecule has 0 atom stereocenters. The van der Waals surface area contributed by atoms with E-state index in [1.807, 2.05) is 19.1 Å². The lowest BCUT2D eigenvalue weighted by Gasteiger charge is -2.19. The second-order valence-corrected chi connectivity index (χ2v) is 7.25. The van der Waals surface area contributed by atoms with Crippen LogP contribution in [0.1, 0.15) is 35.8 Å². The van der Waals surface area contributed by atoms with Gasteiger partial charge < -0.3 is 15.0 Å². The second kappa shape index (κ2) is 9.42. The van der Waals surface area contributed by atoms with Gasteiger partial charge in [0.05, 0.1) is 23.3 Å². The van der Waals surface area contributed by atoms with Gasteiger partial charge in [0, 0.05) is 19.2 Å². The lowest BCUT2D eigenvalue weighted by Crippen LogP contribution is -2.27. The molecule has 32 heavy (non-hydrogen) atoms. The summed E-state index contributed by atoms with van der Waals surface area (Å²) in [6.45, 7) is 2.05. The molecule has 0 radical (unpaired) electrons. The fraction of sp³-hybridized carbons (Fsp3) is 0.261. The Kier molecular flexibility index (Phi) is 6.25. The van der Waals surface area contributed by atoms with Crippen LogP contribution in [0.5, 0.6) is 0 Å². The molecular weight excluding hydrogens is 410 g/mol. The molecule has 0 unspecified atom stereocenters. The fourth-order valence-corrected chi connectivity index (χ4v) is 3.67. The van der Waals surface area contributed by atoms with Crippen LogP contribution in [0.15, 0.2) is 54.9 Å². The molecule has 1 aliphatic heterocycles. The van der Waals surface area contributed by atoms with Crippen LogP contribution in [0.25, 0.3) is 5.82 Å². The molecule has 0 saturated carbocycles. The van der Waals surface area contributed by atoms with Crippen molar-refractivity contribution in [3.05, 3.63) is 66.1 Å². The van der Waals surface area contributed by atoms with Gasteiger partial charge in [0.1, 0.15) is 5.56 Å². The van der Waals surface area contributed by atoms with Gasteiger partial charge in [0.2, 0.25) is 5.91 Å². The Balaban J connectivity index is 1.42. The highest BCUT2D eigenvalue weighted by molar-refractivity contribution is 6.03. The van der Waals surface area contributed by atoms with Crippen molar-refractivity contribution in [3.63, 3.8) is 0 Å². The van der Waals surface area contributed by atoms with Gasteiger partial charge in [-0.05, 0) is 37.1 Å². The first-order valence-corrected chi connectivity index (χ1v) is 10.4. The summed E-state index contributed by atoms with van der Waals surface area (Å²) in [5, 5.41) is 6.98. The minimum atomic E-state index is -0.637.